The summed E-state index contributed by atoms with van der Waals surface area (Å²) in [6, 6.07) is 7.85. The number of esters is 1. The first kappa shape index (κ1) is 15.3. The fraction of sp³-hybridized carbons (Fsp3) is 0.375. The number of nitrogens with zero attached hydrogens (tertiary/aromatic N) is 2. The largest absolute Gasteiger partial charge is 0.468 e. The van der Waals surface area contributed by atoms with Crippen LogP contribution in [0.15, 0.2) is 43.0 Å². The van der Waals surface area contributed by atoms with E-state index in [1.807, 2.05) is 48.9 Å². The minimum atomic E-state index is -0.289. The van der Waals surface area contributed by atoms with Crippen molar-refractivity contribution in [3.63, 3.8) is 0 Å². The van der Waals surface area contributed by atoms with Crippen LogP contribution < -0.4 is 5.32 Å². The molecule has 0 radical (unpaired) electrons. The van der Waals surface area contributed by atoms with Gasteiger partial charge in [0.1, 0.15) is 6.04 Å². The highest BCUT2D eigenvalue weighted by molar-refractivity contribution is 5.75. The Morgan fingerprint density at radius 3 is 2.57 bits per heavy atom. The summed E-state index contributed by atoms with van der Waals surface area (Å²) >= 11 is 0. The molecule has 21 heavy (non-hydrogen) atoms. The molecule has 1 aromatic carbocycles. The molecule has 0 aliphatic heterocycles. The average Bonchev–Trinajstić information content (AvgIpc) is 3.01. The van der Waals surface area contributed by atoms with E-state index in [-0.39, 0.29) is 17.9 Å². The van der Waals surface area contributed by atoms with Crippen LogP contribution in [0, 0.1) is 5.92 Å². The highest BCUT2D eigenvalue weighted by Gasteiger charge is 2.21. The molecule has 2 aromatic rings. The van der Waals surface area contributed by atoms with Crippen LogP contribution >= 0.6 is 0 Å². The quantitative estimate of drug-likeness (QED) is 0.827. The molecule has 0 fully saturated rings. The minimum Gasteiger partial charge on any atom is -0.468 e. The van der Waals surface area contributed by atoms with Crippen LogP contribution in [0.3, 0.4) is 0 Å². The highest BCUT2D eigenvalue weighted by Crippen LogP contribution is 2.10. The summed E-state index contributed by atoms with van der Waals surface area (Å²) in [5, 5.41) is 3.25. The van der Waals surface area contributed by atoms with Gasteiger partial charge in [-0.25, -0.2) is 4.98 Å². The van der Waals surface area contributed by atoms with Gasteiger partial charge < -0.3 is 14.6 Å². The number of benzene rings is 1. The first-order valence-corrected chi connectivity index (χ1v) is 7.00. The summed E-state index contributed by atoms with van der Waals surface area (Å²) in [4.78, 5) is 15.7. The lowest BCUT2D eigenvalue weighted by Crippen LogP contribution is -2.41. The normalized spacial score (nSPS) is 12.4. The highest BCUT2D eigenvalue weighted by atomic mass is 16.5. The summed E-state index contributed by atoms with van der Waals surface area (Å²) in [5.74, 6) is -0.0392. The van der Waals surface area contributed by atoms with Crippen molar-refractivity contribution in [2.24, 2.45) is 5.92 Å². The number of rotatable bonds is 6. The van der Waals surface area contributed by atoms with E-state index < -0.39 is 0 Å². The Balaban J connectivity index is 1.98. The molecule has 1 atom stereocenters. The summed E-state index contributed by atoms with van der Waals surface area (Å²) in [6.07, 6.45) is 5.41. The number of imidazole rings is 1. The maximum Gasteiger partial charge on any atom is 0.323 e. The van der Waals surface area contributed by atoms with E-state index in [1.165, 1.54) is 7.11 Å². The van der Waals surface area contributed by atoms with E-state index in [0.717, 1.165) is 11.3 Å². The van der Waals surface area contributed by atoms with Crippen LogP contribution in [0.1, 0.15) is 19.4 Å². The first-order chi connectivity index (χ1) is 10.1. The molecule has 0 saturated heterocycles. The van der Waals surface area contributed by atoms with Crippen molar-refractivity contribution in [1.82, 2.24) is 14.9 Å². The van der Waals surface area contributed by atoms with Gasteiger partial charge in [0.2, 0.25) is 0 Å². The Morgan fingerprint density at radius 1 is 1.33 bits per heavy atom. The molecule has 0 aliphatic rings. The Labute approximate surface area is 125 Å². The lowest BCUT2D eigenvalue weighted by atomic mass is 10.0. The number of nitrogens with one attached hydrogen (secondary N) is 1. The third kappa shape index (κ3) is 3.92. The fourth-order valence-corrected chi connectivity index (χ4v) is 2.14. The molecule has 1 N–H and O–H groups in total. The molecular weight excluding hydrogens is 266 g/mol. The monoisotopic (exact) mass is 287 g/mol. The number of carbonyl (C=O) groups excluding carboxylic acids is 1. The van der Waals surface area contributed by atoms with Gasteiger partial charge in [-0.1, -0.05) is 26.0 Å². The van der Waals surface area contributed by atoms with Crippen LogP contribution in [0.4, 0.5) is 0 Å². The Kier molecular flexibility index (Phi) is 5.11. The van der Waals surface area contributed by atoms with E-state index in [4.69, 9.17) is 4.74 Å². The van der Waals surface area contributed by atoms with Crippen molar-refractivity contribution in [3.05, 3.63) is 48.5 Å². The second kappa shape index (κ2) is 7.04. The molecular formula is C16H21N3O2. The standard InChI is InChI=1S/C16H21N3O2/c1-12(2)15(16(20)21-3)18-10-13-4-6-14(7-5-13)19-9-8-17-11-19/h4-9,11-12,15,18H,10H2,1-3H3. The number of carbonyl (C=O) groups is 1. The van der Waals surface area contributed by atoms with Gasteiger partial charge in [0.25, 0.3) is 0 Å². The smallest absolute Gasteiger partial charge is 0.323 e. The van der Waals surface area contributed by atoms with Crippen molar-refractivity contribution in [3.8, 4) is 5.69 Å². The minimum absolute atomic E-state index is 0.183. The average molecular weight is 287 g/mol. The molecule has 0 aliphatic carbocycles. The van der Waals surface area contributed by atoms with Crippen molar-refractivity contribution in [2.75, 3.05) is 7.11 Å². The van der Waals surface area contributed by atoms with Crippen LogP contribution in [0.2, 0.25) is 0 Å². The molecule has 0 amide bonds. The van der Waals surface area contributed by atoms with Crippen molar-refractivity contribution >= 4 is 5.97 Å². The van der Waals surface area contributed by atoms with Crippen molar-refractivity contribution < 1.29 is 9.53 Å². The number of hydrogen-bond donors (Lipinski definition) is 1. The zero-order chi connectivity index (χ0) is 15.2. The predicted molar refractivity (Wildman–Crippen MR) is 81.0 cm³/mol. The van der Waals surface area contributed by atoms with E-state index >= 15 is 0 Å². The van der Waals surface area contributed by atoms with Crippen LogP contribution in [-0.4, -0.2) is 28.7 Å². The van der Waals surface area contributed by atoms with Gasteiger partial charge in [-0.05, 0) is 23.6 Å². The molecule has 1 unspecified atom stereocenters. The third-order valence-electron chi connectivity index (χ3n) is 3.39. The SMILES string of the molecule is COC(=O)C(NCc1ccc(-n2ccnc2)cc1)C(C)C. The lowest BCUT2D eigenvalue weighted by Gasteiger charge is -2.19. The first-order valence-electron chi connectivity index (χ1n) is 7.00. The molecule has 0 spiro atoms. The van der Waals surface area contributed by atoms with E-state index in [9.17, 15) is 4.79 Å². The maximum absolute atomic E-state index is 11.7. The van der Waals surface area contributed by atoms with E-state index in [1.54, 1.807) is 12.5 Å². The second-order valence-corrected chi connectivity index (χ2v) is 5.26. The molecule has 1 aromatic heterocycles. The molecule has 112 valence electrons. The van der Waals surface area contributed by atoms with Gasteiger partial charge in [0.05, 0.1) is 13.4 Å². The predicted octanol–water partition coefficient (Wildman–Crippen LogP) is 2.16. The summed E-state index contributed by atoms with van der Waals surface area (Å²) in [7, 11) is 1.42. The number of methoxy groups -OCH3 is 1. The molecule has 5 nitrogen and oxygen atoms in total. The van der Waals surface area contributed by atoms with Gasteiger partial charge in [-0.15, -0.1) is 0 Å². The van der Waals surface area contributed by atoms with E-state index in [0.29, 0.717) is 6.54 Å². The molecule has 2 rings (SSSR count). The maximum atomic E-state index is 11.7. The van der Waals surface area contributed by atoms with Gasteiger partial charge in [0.15, 0.2) is 0 Å². The Morgan fingerprint density at radius 2 is 2.05 bits per heavy atom. The van der Waals surface area contributed by atoms with Gasteiger partial charge in [-0.2, -0.15) is 0 Å². The van der Waals surface area contributed by atoms with Crippen LogP contribution in [0.5, 0.6) is 0 Å². The zero-order valence-corrected chi connectivity index (χ0v) is 12.6. The lowest BCUT2D eigenvalue weighted by molar-refractivity contribution is -0.144. The number of hydrogen-bond acceptors (Lipinski definition) is 4. The van der Waals surface area contributed by atoms with Crippen LogP contribution in [-0.2, 0) is 16.1 Å². The van der Waals surface area contributed by atoms with E-state index in [2.05, 4.69) is 10.3 Å². The number of aromatic nitrogens is 2. The van der Waals surface area contributed by atoms with Crippen molar-refractivity contribution in [1.29, 1.82) is 0 Å². The molecule has 0 bridgehead atoms. The molecule has 0 saturated carbocycles. The topological polar surface area (TPSA) is 56.1 Å². The fourth-order valence-electron chi connectivity index (χ4n) is 2.14. The summed E-state index contributed by atoms with van der Waals surface area (Å²) < 4.78 is 6.77. The van der Waals surface area contributed by atoms with Gasteiger partial charge in [0, 0.05) is 24.6 Å². The Hall–Kier alpha value is -2.14. The Bertz CT molecular complexity index is 562. The molecule has 1 heterocycles. The summed E-state index contributed by atoms with van der Waals surface area (Å²) in [5.41, 5.74) is 2.18. The third-order valence-corrected chi connectivity index (χ3v) is 3.39. The zero-order valence-electron chi connectivity index (χ0n) is 12.6. The molecule has 5 heteroatoms. The van der Waals surface area contributed by atoms with Gasteiger partial charge in [-0.3, -0.25) is 4.79 Å². The number of ether oxygens (including phenoxy) is 1. The van der Waals surface area contributed by atoms with Crippen molar-refractivity contribution in [2.45, 2.75) is 26.4 Å². The van der Waals surface area contributed by atoms with Crippen LogP contribution in [0.25, 0.3) is 5.69 Å². The second-order valence-electron chi connectivity index (χ2n) is 5.26. The van der Waals surface area contributed by atoms with Gasteiger partial charge >= 0.3 is 5.97 Å². The summed E-state index contributed by atoms with van der Waals surface area (Å²) in [6.45, 7) is 4.62.